The molecule has 0 aliphatic heterocycles. The Labute approximate surface area is 103 Å². The minimum atomic E-state index is 0.241. The average Bonchev–Trinajstić information content (AvgIpc) is 2.38. The van der Waals surface area contributed by atoms with Crippen molar-refractivity contribution in [3.8, 4) is 11.5 Å². The Morgan fingerprint density at radius 3 is 2.53 bits per heavy atom. The highest BCUT2D eigenvalue weighted by Gasteiger charge is 2.27. The standard InChI is InChI=1S/C14H21NO2/c1-16-13-9-5-7-11(14(13)17-2)10-6-3-4-8-12(10)15/h5,7,9-10,12H,3-4,6,8,15H2,1-2H3. The molecule has 17 heavy (non-hydrogen) atoms. The normalized spacial score (nSPS) is 24.4. The van der Waals surface area contributed by atoms with E-state index in [4.69, 9.17) is 15.2 Å². The highest BCUT2D eigenvalue weighted by atomic mass is 16.5. The molecule has 1 fully saturated rings. The molecule has 1 aliphatic carbocycles. The molecule has 2 N–H and O–H groups in total. The number of para-hydroxylation sites is 1. The maximum absolute atomic E-state index is 6.23. The highest BCUT2D eigenvalue weighted by molar-refractivity contribution is 5.48. The second kappa shape index (κ2) is 5.41. The van der Waals surface area contributed by atoms with Crippen molar-refractivity contribution in [2.45, 2.75) is 37.6 Å². The predicted octanol–water partition coefficient (Wildman–Crippen LogP) is 2.69. The zero-order valence-corrected chi connectivity index (χ0v) is 10.6. The SMILES string of the molecule is COc1cccc(C2CCCCC2N)c1OC. The van der Waals surface area contributed by atoms with Crippen molar-refractivity contribution in [3.63, 3.8) is 0 Å². The summed E-state index contributed by atoms with van der Waals surface area (Å²) in [5.74, 6) is 2.04. The minimum absolute atomic E-state index is 0.241. The van der Waals surface area contributed by atoms with E-state index in [9.17, 15) is 0 Å². The Balaban J connectivity index is 2.36. The van der Waals surface area contributed by atoms with Crippen LogP contribution in [0, 0.1) is 0 Å². The maximum Gasteiger partial charge on any atom is 0.164 e. The van der Waals surface area contributed by atoms with Gasteiger partial charge in [0.1, 0.15) is 0 Å². The van der Waals surface area contributed by atoms with Crippen LogP contribution in [0.4, 0.5) is 0 Å². The van der Waals surface area contributed by atoms with Gasteiger partial charge in [-0.15, -0.1) is 0 Å². The third-order valence-corrected chi connectivity index (χ3v) is 3.65. The monoisotopic (exact) mass is 235 g/mol. The van der Waals surface area contributed by atoms with Crippen molar-refractivity contribution in [1.82, 2.24) is 0 Å². The van der Waals surface area contributed by atoms with Crippen molar-refractivity contribution in [2.24, 2.45) is 5.73 Å². The maximum atomic E-state index is 6.23. The van der Waals surface area contributed by atoms with Crippen LogP contribution in [-0.2, 0) is 0 Å². The summed E-state index contributed by atoms with van der Waals surface area (Å²) in [6, 6.07) is 6.29. The van der Waals surface area contributed by atoms with E-state index in [2.05, 4.69) is 6.07 Å². The molecular formula is C14H21NO2. The third kappa shape index (κ3) is 2.39. The Morgan fingerprint density at radius 2 is 1.88 bits per heavy atom. The largest absolute Gasteiger partial charge is 0.493 e. The van der Waals surface area contributed by atoms with E-state index in [0.717, 1.165) is 24.3 Å². The number of hydrogen-bond donors (Lipinski definition) is 1. The molecule has 0 saturated heterocycles. The zero-order valence-electron chi connectivity index (χ0n) is 10.6. The quantitative estimate of drug-likeness (QED) is 0.876. The first-order valence-electron chi connectivity index (χ1n) is 6.24. The molecule has 2 rings (SSSR count). The van der Waals surface area contributed by atoms with Gasteiger partial charge in [-0.25, -0.2) is 0 Å². The summed E-state index contributed by atoms with van der Waals surface area (Å²) >= 11 is 0. The van der Waals surface area contributed by atoms with E-state index < -0.39 is 0 Å². The summed E-state index contributed by atoms with van der Waals surface area (Å²) in [5, 5.41) is 0. The molecule has 1 aromatic rings. The molecule has 3 heteroatoms. The van der Waals surface area contributed by atoms with Crippen LogP contribution >= 0.6 is 0 Å². The highest BCUT2D eigenvalue weighted by Crippen LogP contribution is 2.41. The van der Waals surface area contributed by atoms with Crippen LogP contribution in [0.5, 0.6) is 11.5 Å². The Hall–Kier alpha value is -1.22. The van der Waals surface area contributed by atoms with Crippen LogP contribution in [0.1, 0.15) is 37.2 Å². The van der Waals surface area contributed by atoms with Crippen LogP contribution in [0.15, 0.2) is 18.2 Å². The van der Waals surface area contributed by atoms with Gasteiger partial charge in [0.2, 0.25) is 0 Å². The molecule has 1 saturated carbocycles. The van der Waals surface area contributed by atoms with E-state index in [1.54, 1.807) is 14.2 Å². The molecule has 0 radical (unpaired) electrons. The summed E-state index contributed by atoms with van der Waals surface area (Å²) in [6.45, 7) is 0. The van der Waals surface area contributed by atoms with Gasteiger partial charge < -0.3 is 15.2 Å². The molecule has 0 aromatic heterocycles. The van der Waals surface area contributed by atoms with Crippen molar-refractivity contribution in [1.29, 1.82) is 0 Å². The Bertz CT molecular complexity index is 378. The topological polar surface area (TPSA) is 44.5 Å². The first-order chi connectivity index (χ1) is 8.27. The average molecular weight is 235 g/mol. The summed E-state index contributed by atoms with van der Waals surface area (Å²) in [4.78, 5) is 0. The van der Waals surface area contributed by atoms with E-state index in [-0.39, 0.29) is 6.04 Å². The van der Waals surface area contributed by atoms with Crippen LogP contribution in [0.2, 0.25) is 0 Å². The van der Waals surface area contributed by atoms with E-state index in [0.29, 0.717) is 5.92 Å². The molecule has 1 aromatic carbocycles. The molecule has 2 atom stereocenters. The Kier molecular flexibility index (Phi) is 3.89. The molecule has 0 amide bonds. The van der Waals surface area contributed by atoms with Gasteiger partial charge in [-0.05, 0) is 18.9 Å². The minimum Gasteiger partial charge on any atom is -0.493 e. The molecule has 0 heterocycles. The van der Waals surface area contributed by atoms with Gasteiger partial charge in [0, 0.05) is 17.5 Å². The lowest BCUT2D eigenvalue weighted by molar-refractivity contribution is 0.334. The number of methoxy groups -OCH3 is 2. The van der Waals surface area contributed by atoms with Gasteiger partial charge in [-0.2, -0.15) is 0 Å². The number of nitrogens with two attached hydrogens (primary N) is 1. The lowest BCUT2D eigenvalue weighted by atomic mass is 9.80. The smallest absolute Gasteiger partial charge is 0.164 e. The second-order valence-electron chi connectivity index (χ2n) is 4.64. The molecule has 0 bridgehead atoms. The summed E-state index contributed by atoms with van der Waals surface area (Å²) < 4.78 is 10.8. The fourth-order valence-electron chi connectivity index (χ4n) is 2.75. The van der Waals surface area contributed by atoms with E-state index in [1.807, 2.05) is 12.1 Å². The van der Waals surface area contributed by atoms with Gasteiger partial charge in [0.05, 0.1) is 14.2 Å². The van der Waals surface area contributed by atoms with E-state index >= 15 is 0 Å². The molecule has 0 spiro atoms. The summed E-state index contributed by atoms with van der Waals surface area (Å²) in [6.07, 6.45) is 4.73. The zero-order chi connectivity index (χ0) is 12.3. The van der Waals surface area contributed by atoms with Gasteiger partial charge in [0.15, 0.2) is 11.5 Å². The second-order valence-corrected chi connectivity index (χ2v) is 4.64. The third-order valence-electron chi connectivity index (χ3n) is 3.65. The fourth-order valence-corrected chi connectivity index (χ4v) is 2.75. The van der Waals surface area contributed by atoms with Crippen molar-refractivity contribution >= 4 is 0 Å². The molecule has 3 nitrogen and oxygen atoms in total. The summed E-state index contributed by atoms with van der Waals surface area (Å²) in [5.41, 5.74) is 7.42. The Morgan fingerprint density at radius 1 is 1.12 bits per heavy atom. The van der Waals surface area contributed by atoms with E-state index in [1.165, 1.54) is 18.4 Å². The number of ether oxygens (including phenoxy) is 2. The van der Waals surface area contributed by atoms with Crippen molar-refractivity contribution in [2.75, 3.05) is 14.2 Å². The molecule has 94 valence electrons. The van der Waals surface area contributed by atoms with Crippen molar-refractivity contribution < 1.29 is 9.47 Å². The van der Waals surface area contributed by atoms with Crippen LogP contribution in [0.25, 0.3) is 0 Å². The van der Waals surface area contributed by atoms with Crippen molar-refractivity contribution in [3.05, 3.63) is 23.8 Å². The lowest BCUT2D eigenvalue weighted by Gasteiger charge is -2.30. The molecule has 2 unspecified atom stereocenters. The van der Waals surface area contributed by atoms with Gasteiger partial charge in [-0.1, -0.05) is 25.0 Å². The van der Waals surface area contributed by atoms with Crippen LogP contribution < -0.4 is 15.2 Å². The number of hydrogen-bond acceptors (Lipinski definition) is 3. The van der Waals surface area contributed by atoms with Crippen LogP contribution in [0.3, 0.4) is 0 Å². The van der Waals surface area contributed by atoms with Gasteiger partial charge in [-0.3, -0.25) is 0 Å². The first-order valence-corrected chi connectivity index (χ1v) is 6.24. The van der Waals surface area contributed by atoms with Gasteiger partial charge >= 0.3 is 0 Å². The number of benzene rings is 1. The predicted molar refractivity (Wildman–Crippen MR) is 68.7 cm³/mol. The lowest BCUT2D eigenvalue weighted by Crippen LogP contribution is -2.31. The first kappa shape index (κ1) is 12.2. The summed E-state index contributed by atoms with van der Waals surface area (Å²) in [7, 11) is 3.36. The fraction of sp³-hybridized carbons (Fsp3) is 0.571. The molecule has 1 aliphatic rings. The number of rotatable bonds is 3. The molecular weight excluding hydrogens is 214 g/mol. The van der Waals surface area contributed by atoms with Crippen LogP contribution in [-0.4, -0.2) is 20.3 Å². The van der Waals surface area contributed by atoms with Gasteiger partial charge in [0.25, 0.3) is 0 Å².